The van der Waals surface area contributed by atoms with E-state index in [2.05, 4.69) is 0 Å². The molecule has 12 heavy (non-hydrogen) atoms. The first-order valence-electron chi connectivity index (χ1n) is 3.77. The molecule has 0 aliphatic carbocycles. The lowest BCUT2D eigenvalue weighted by atomic mass is 10.2. The Kier molecular flexibility index (Phi) is 5.12. The van der Waals surface area contributed by atoms with Crippen molar-refractivity contribution in [1.82, 2.24) is 0 Å². The largest absolute Gasteiger partial charge is 0.327 e. The summed E-state index contributed by atoms with van der Waals surface area (Å²) >= 11 is 0. The molecule has 0 aliphatic rings. The number of nitrogens with two attached hydrogens (primary N) is 1. The fraction of sp³-hybridized carbons (Fsp3) is 0.714. The molecule has 0 rings (SSSR count). The van der Waals surface area contributed by atoms with Gasteiger partial charge in [0.2, 0.25) is 0 Å². The topological polar surface area (TPSA) is 80.4 Å². The van der Waals surface area contributed by atoms with E-state index in [9.17, 15) is 8.42 Å². The summed E-state index contributed by atoms with van der Waals surface area (Å²) in [7, 11) is -3.91. The van der Waals surface area contributed by atoms with E-state index in [-0.39, 0.29) is 5.75 Å². The third-order valence-electron chi connectivity index (χ3n) is 1.36. The van der Waals surface area contributed by atoms with E-state index in [4.69, 9.17) is 10.3 Å². The molecule has 0 radical (unpaired) electrons. The van der Waals surface area contributed by atoms with Crippen LogP contribution >= 0.6 is 0 Å². The number of allylic oxidation sites excluding steroid dienone is 2. The Hall–Kier alpha value is -0.390. The number of rotatable bonds is 5. The van der Waals surface area contributed by atoms with Crippen molar-refractivity contribution in [2.45, 2.75) is 25.8 Å². The zero-order valence-corrected chi connectivity index (χ0v) is 7.92. The molecule has 0 bridgehead atoms. The van der Waals surface area contributed by atoms with Crippen molar-refractivity contribution in [2.24, 2.45) is 5.73 Å². The van der Waals surface area contributed by atoms with Gasteiger partial charge in [-0.25, -0.2) is 0 Å². The zero-order valence-electron chi connectivity index (χ0n) is 7.10. The predicted molar refractivity (Wildman–Crippen MR) is 48.4 cm³/mol. The van der Waals surface area contributed by atoms with Gasteiger partial charge < -0.3 is 5.73 Å². The van der Waals surface area contributed by atoms with Gasteiger partial charge in [-0.3, -0.25) is 4.55 Å². The van der Waals surface area contributed by atoms with E-state index in [1.54, 1.807) is 0 Å². The minimum atomic E-state index is -3.91. The van der Waals surface area contributed by atoms with Gasteiger partial charge in [0, 0.05) is 6.04 Å². The maximum atomic E-state index is 10.3. The van der Waals surface area contributed by atoms with Gasteiger partial charge in [-0.15, -0.1) is 0 Å². The summed E-state index contributed by atoms with van der Waals surface area (Å²) in [4.78, 5) is 0. The first-order chi connectivity index (χ1) is 5.45. The average molecular weight is 193 g/mol. The van der Waals surface area contributed by atoms with Crippen LogP contribution in [0.4, 0.5) is 0 Å². The van der Waals surface area contributed by atoms with Crippen LogP contribution in [-0.2, 0) is 10.1 Å². The van der Waals surface area contributed by atoms with Crippen LogP contribution < -0.4 is 5.73 Å². The standard InChI is InChI=1S/C7H15NO3S/c1-2-3-4-5-7(8)6-12(9,10)11/h2-3,7H,4-6,8H2,1H3,(H,9,10,11)/b3-2+/t7-/m0/s1. The Labute approximate surface area is 73.2 Å². The van der Waals surface area contributed by atoms with Gasteiger partial charge in [0.15, 0.2) is 0 Å². The molecule has 72 valence electrons. The van der Waals surface area contributed by atoms with Crippen molar-refractivity contribution in [3.63, 3.8) is 0 Å². The Bertz CT molecular complexity index is 233. The molecule has 1 atom stereocenters. The average Bonchev–Trinajstić information content (AvgIpc) is 1.84. The highest BCUT2D eigenvalue weighted by Gasteiger charge is 2.11. The van der Waals surface area contributed by atoms with E-state index < -0.39 is 16.2 Å². The molecule has 0 aliphatic heterocycles. The van der Waals surface area contributed by atoms with E-state index in [0.717, 1.165) is 6.42 Å². The van der Waals surface area contributed by atoms with Crippen LogP contribution in [0.2, 0.25) is 0 Å². The third kappa shape index (κ3) is 7.71. The summed E-state index contributed by atoms with van der Waals surface area (Å²) in [6, 6.07) is -0.476. The molecule has 0 aromatic rings. The highest BCUT2D eigenvalue weighted by molar-refractivity contribution is 7.85. The fourth-order valence-electron chi connectivity index (χ4n) is 0.831. The second-order valence-electron chi connectivity index (χ2n) is 2.66. The van der Waals surface area contributed by atoms with Crippen LogP contribution in [0.1, 0.15) is 19.8 Å². The van der Waals surface area contributed by atoms with Gasteiger partial charge in [0.05, 0.1) is 5.75 Å². The van der Waals surface area contributed by atoms with E-state index in [0.29, 0.717) is 6.42 Å². The molecule has 0 amide bonds. The molecule has 4 nitrogen and oxygen atoms in total. The maximum Gasteiger partial charge on any atom is 0.266 e. The molecular weight excluding hydrogens is 178 g/mol. The molecule has 5 heteroatoms. The molecular formula is C7H15NO3S. The van der Waals surface area contributed by atoms with Crippen molar-refractivity contribution in [3.8, 4) is 0 Å². The summed E-state index contributed by atoms with van der Waals surface area (Å²) < 4.78 is 29.1. The van der Waals surface area contributed by atoms with Crippen LogP contribution in [-0.4, -0.2) is 24.8 Å². The van der Waals surface area contributed by atoms with Gasteiger partial charge in [-0.05, 0) is 19.8 Å². The molecule has 0 unspecified atom stereocenters. The maximum absolute atomic E-state index is 10.3. The molecule has 0 aromatic heterocycles. The van der Waals surface area contributed by atoms with Crippen LogP contribution in [0.3, 0.4) is 0 Å². The highest BCUT2D eigenvalue weighted by atomic mass is 32.2. The van der Waals surface area contributed by atoms with Crippen LogP contribution in [0.5, 0.6) is 0 Å². The van der Waals surface area contributed by atoms with Crippen molar-refractivity contribution in [3.05, 3.63) is 12.2 Å². The molecule has 0 saturated carbocycles. The zero-order chi connectivity index (χ0) is 9.61. The Morgan fingerprint density at radius 3 is 2.58 bits per heavy atom. The van der Waals surface area contributed by atoms with E-state index in [1.807, 2.05) is 19.1 Å². The lowest BCUT2D eigenvalue weighted by molar-refractivity contribution is 0.474. The van der Waals surface area contributed by atoms with Crippen molar-refractivity contribution < 1.29 is 13.0 Å². The van der Waals surface area contributed by atoms with Gasteiger partial charge in [-0.1, -0.05) is 12.2 Å². The van der Waals surface area contributed by atoms with Crippen LogP contribution in [0, 0.1) is 0 Å². The first kappa shape index (κ1) is 11.6. The summed E-state index contributed by atoms with van der Waals surface area (Å²) in [5.41, 5.74) is 5.43. The second kappa shape index (κ2) is 5.29. The summed E-state index contributed by atoms with van der Waals surface area (Å²) in [5.74, 6) is -0.357. The Balaban J connectivity index is 3.68. The van der Waals surface area contributed by atoms with Crippen molar-refractivity contribution >= 4 is 10.1 Å². The monoisotopic (exact) mass is 193 g/mol. The van der Waals surface area contributed by atoms with Gasteiger partial charge in [-0.2, -0.15) is 8.42 Å². The Morgan fingerprint density at radius 1 is 1.58 bits per heavy atom. The normalized spacial score (nSPS) is 15.2. The number of hydrogen-bond donors (Lipinski definition) is 2. The van der Waals surface area contributed by atoms with Crippen molar-refractivity contribution in [1.29, 1.82) is 0 Å². The molecule has 3 N–H and O–H groups in total. The van der Waals surface area contributed by atoms with Gasteiger partial charge >= 0.3 is 0 Å². The van der Waals surface area contributed by atoms with E-state index in [1.165, 1.54) is 0 Å². The minimum Gasteiger partial charge on any atom is -0.327 e. The summed E-state index contributed by atoms with van der Waals surface area (Å²) in [6.45, 7) is 1.88. The molecule has 0 spiro atoms. The van der Waals surface area contributed by atoms with E-state index >= 15 is 0 Å². The summed E-state index contributed by atoms with van der Waals surface area (Å²) in [5, 5.41) is 0. The fourth-order valence-corrected chi connectivity index (χ4v) is 1.54. The van der Waals surface area contributed by atoms with Crippen LogP contribution in [0.25, 0.3) is 0 Å². The Morgan fingerprint density at radius 2 is 2.17 bits per heavy atom. The predicted octanol–water partition coefficient (Wildman–Crippen LogP) is 0.558. The minimum absolute atomic E-state index is 0.357. The SMILES string of the molecule is C/C=C/CC[C@H](N)CS(=O)(=O)O. The molecule has 0 heterocycles. The van der Waals surface area contributed by atoms with Crippen LogP contribution in [0.15, 0.2) is 12.2 Å². The van der Waals surface area contributed by atoms with Gasteiger partial charge in [0.1, 0.15) is 0 Å². The smallest absolute Gasteiger partial charge is 0.266 e. The van der Waals surface area contributed by atoms with Crippen molar-refractivity contribution in [2.75, 3.05) is 5.75 Å². The molecule has 0 fully saturated rings. The second-order valence-corrected chi connectivity index (χ2v) is 4.15. The quantitative estimate of drug-likeness (QED) is 0.494. The van der Waals surface area contributed by atoms with Gasteiger partial charge in [0.25, 0.3) is 10.1 Å². The lowest BCUT2D eigenvalue weighted by Crippen LogP contribution is -2.28. The lowest BCUT2D eigenvalue weighted by Gasteiger charge is -2.06. The first-order valence-corrected chi connectivity index (χ1v) is 5.38. The summed E-state index contributed by atoms with van der Waals surface area (Å²) in [6.07, 6.45) is 5.10. The highest BCUT2D eigenvalue weighted by Crippen LogP contribution is 1.98. The number of hydrogen-bond acceptors (Lipinski definition) is 3. The third-order valence-corrected chi connectivity index (χ3v) is 2.21. The molecule has 0 saturated heterocycles. The molecule has 0 aromatic carbocycles.